The minimum absolute atomic E-state index is 0.0417. The van der Waals surface area contributed by atoms with Gasteiger partial charge in [0.2, 0.25) is 11.5 Å². The summed E-state index contributed by atoms with van der Waals surface area (Å²) in [6, 6.07) is 9.22. The van der Waals surface area contributed by atoms with E-state index in [0.29, 0.717) is 17.7 Å². The summed E-state index contributed by atoms with van der Waals surface area (Å²) >= 11 is 0. The number of hydrogen-bond acceptors (Lipinski definition) is 5. The van der Waals surface area contributed by atoms with Crippen molar-refractivity contribution in [3.05, 3.63) is 76.0 Å². The number of hydroxylamine groups is 1. The SMILES string of the molecule is CNO.[3H]C.[C-]#[N+]C1=C[C@]2(C)c3nn(C)c(C(=O)c4ccccc4)c3CC[C@H]2C(C)(C)C1=O. The van der Waals surface area contributed by atoms with Gasteiger partial charge in [-0.2, -0.15) is 5.10 Å². The summed E-state index contributed by atoms with van der Waals surface area (Å²) in [5, 5.41) is 12.1. The molecule has 2 N–H and O–H groups in total. The standard InChI is InChI=1S/C23H23N3O2.CH5NO.CH4/c1-22(2)17-12-11-15-18(19(27)14-9-7-6-8-10-14)26(5)25-20(15)23(17,3)13-16(24-4)21(22)28;1-2-3;/h6-10,13,17H,11-12H2,1-3,5H3;2-3H,1H3;1H4/t17-,23-;;/m0../s1/i;;1T. The molecule has 2 aliphatic carbocycles. The number of carbonyl (C=O) groups excluding carboxylic acids is 2. The van der Waals surface area contributed by atoms with Gasteiger partial charge in [0.1, 0.15) is 5.69 Å². The fraction of sp³-hybridized carbons (Fsp3) is 0.440. The van der Waals surface area contributed by atoms with Gasteiger partial charge in [0.25, 0.3) is 0 Å². The lowest BCUT2D eigenvalue weighted by atomic mass is 9.53. The molecule has 32 heavy (non-hydrogen) atoms. The molecule has 170 valence electrons. The van der Waals surface area contributed by atoms with Crippen molar-refractivity contribution in [2.75, 3.05) is 7.05 Å². The van der Waals surface area contributed by atoms with E-state index in [1.165, 1.54) is 14.5 Å². The summed E-state index contributed by atoms with van der Waals surface area (Å²) in [5.41, 5.74) is 3.76. The number of allylic oxidation sites excluding steroid dienone is 2. The molecule has 0 aliphatic heterocycles. The molecule has 0 unspecified atom stereocenters. The van der Waals surface area contributed by atoms with Gasteiger partial charge in [-0.1, -0.05) is 64.6 Å². The number of benzene rings is 1. The minimum Gasteiger partial charge on any atom is -0.317 e. The fourth-order valence-corrected chi connectivity index (χ4v) is 5.20. The first-order valence-electron chi connectivity index (χ1n) is 11.3. The Morgan fingerprint density at radius 1 is 1.34 bits per heavy atom. The molecule has 0 saturated heterocycles. The highest BCUT2D eigenvalue weighted by Gasteiger charge is 2.55. The van der Waals surface area contributed by atoms with Crippen LogP contribution in [-0.2, 0) is 23.7 Å². The normalized spacial score (nSPS) is 22.9. The van der Waals surface area contributed by atoms with Gasteiger partial charge in [0.15, 0.2) is 5.78 Å². The molecule has 2 atom stereocenters. The second-order valence-electron chi connectivity index (χ2n) is 8.78. The van der Waals surface area contributed by atoms with Gasteiger partial charge in [-0.25, -0.2) is 10.3 Å². The van der Waals surface area contributed by atoms with Crippen molar-refractivity contribution in [1.82, 2.24) is 15.3 Å². The predicted octanol–water partition coefficient (Wildman–Crippen LogP) is 4.11. The number of nitrogens with one attached hydrogen (secondary N) is 1. The monoisotopic (exact) mass is 438 g/mol. The van der Waals surface area contributed by atoms with Crippen LogP contribution < -0.4 is 5.48 Å². The molecule has 0 spiro atoms. The van der Waals surface area contributed by atoms with E-state index in [4.69, 9.17) is 18.2 Å². The molecule has 1 heterocycles. The number of fused-ring (bicyclic) bond motifs is 3. The Bertz CT molecular complexity index is 1100. The second kappa shape index (κ2) is 9.19. The van der Waals surface area contributed by atoms with E-state index in [1.807, 2.05) is 44.2 Å². The highest BCUT2D eigenvalue weighted by atomic mass is 16.5. The molecule has 7 heteroatoms. The summed E-state index contributed by atoms with van der Waals surface area (Å²) in [6.07, 6.45) is 3.28. The largest absolute Gasteiger partial charge is 0.317 e. The van der Waals surface area contributed by atoms with Gasteiger partial charge >= 0.3 is 0 Å². The van der Waals surface area contributed by atoms with Crippen LogP contribution in [0.4, 0.5) is 0 Å². The molecular weight excluding hydrogens is 404 g/mol. The summed E-state index contributed by atoms with van der Waals surface area (Å²) < 4.78 is 7.42. The maximum Gasteiger partial charge on any atom is 0.226 e. The zero-order valence-electron chi connectivity index (χ0n) is 20.6. The fourth-order valence-electron chi connectivity index (χ4n) is 5.20. The lowest BCUT2D eigenvalue weighted by molar-refractivity contribution is -0.128. The van der Waals surface area contributed by atoms with Crippen LogP contribution in [0.3, 0.4) is 0 Å². The first-order chi connectivity index (χ1) is 15.6. The molecular formula is C25H32N4O3. The topological polar surface area (TPSA) is 88.6 Å². The van der Waals surface area contributed by atoms with Gasteiger partial charge in [-0.15, -0.1) is 0 Å². The summed E-state index contributed by atoms with van der Waals surface area (Å²) in [5.74, 6) is -0.0931. The molecule has 4 rings (SSSR count). The Kier molecular flexibility index (Phi) is 6.77. The maximum absolute atomic E-state index is 13.2. The molecule has 0 radical (unpaired) electrons. The Morgan fingerprint density at radius 2 is 1.94 bits per heavy atom. The molecule has 1 aromatic heterocycles. The van der Waals surface area contributed by atoms with Crippen LogP contribution in [0.2, 0.25) is 0 Å². The Labute approximate surface area is 191 Å². The molecule has 1 aromatic carbocycles. The van der Waals surface area contributed by atoms with Gasteiger partial charge in [-0.05, 0) is 18.8 Å². The third-order valence-electron chi connectivity index (χ3n) is 6.56. The Morgan fingerprint density at radius 3 is 2.50 bits per heavy atom. The number of aromatic nitrogens is 2. The number of aryl methyl sites for hydroxylation is 1. The average Bonchev–Trinajstić information content (AvgIpc) is 3.15. The third-order valence-corrected chi connectivity index (χ3v) is 6.56. The highest BCUT2D eigenvalue weighted by molar-refractivity contribution is 6.09. The quantitative estimate of drug-likeness (QED) is 0.418. The van der Waals surface area contributed by atoms with Crippen molar-refractivity contribution in [3.8, 4) is 0 Å². The number of ketones is 2. The van der Waals surface area contributed by atoms with Crippen LogP contribution in [0.15, 0.2) is 42.1 Å². The lowest BCUT2D eigenvalue weighted by Crippen LogP contribution is -2.51. The number of rotatable bonds is 2. The highest BCUT2D eigenvalue weighted by Crippen LogP contribution is 2.54. The van der Waals surface area contributed by atoms with E-state index in [0.717, 1.165) is 17.7 Å². The van der Waals surface area contributed by atoms with E-state index in [9.17, 15) is 9.59 Å². The van der Waals surface area contributed by atoms with Crippen molar-refractivity contribution >= 4 is 11.6 Å². The first-order valence-corrected chi connectivity index (χ1v) is 10.3. The minimum atomic E-state index is -0.637. The number of nitrogens with zero attached hydrogens (tertiary/aromatic N) is 3. The van der Waals surface area contributed by atoms with E-state index in [1.54, 1.807) is 23.3 Å². The van der Waals surface area contributed by atoms with Crippen LogP contribution in [0.5, 0.6) is 0 Å². The second-order valence-corrected chi connectivity index (χ2v) is 8.78. The first kappa shape index (κ1) is 23.6. The number of hydrogen-bond donors (Lipinski definition) is 2. The molecule has 2 aromatic rings. The molecule has 0 fully saturated rings. The average molecular weight is 439 g/mol. The van der Waals surface area contributed by atoms with E-state index < -0.39 is 10.8 Å². The van der Waals surface area contributed by atoms with E-state index in [-0.39, 0.29) is 23.2 Å². The van der Waals surface area contributed by atoms with E-state index in [2.05, 4.69) is 11.8 Å². The van der Waals surface area contributed by atoms with Crippen molar-refractivity contribution in [2.24, 2.45) is 18.4 Å². The molecule has 7 nitrogen and oxygen atoms in total. The number of carbonyl (C=O) groups is 2. The molecule has 0 amide bonds. The van der Waals surface area contributed by atoms with Gasteiger partial charge in [0.05, 0.1) is 12.3 Å². The van der Waals surface area contributed by atoms with Crippen molar-refractivity contribution in [1.29, 1.82) is 0 Å². The zero-order chi connectivity index (χ0) is 25.0. The van der Waals surface area contributed by atoms with Gasteiger partial charge < -0.3 is 10.0 Å². The van der Waals surface area contributed by atoms with Gasteiger partial charge in [0, 0.05) is 37.4 Å². The number of Topliss-reactive ketones (excluding diaryl/α,β-unsaturated/α-hetero) is 1. The molecule has 2 aliphatic rings. The van der Waals surface area contributed by atoms with Crippen LogP contribution >= 0.6 is 0 Å². The molecule has 0 bridgehead atoms. The summed E-state index contributed by atoms with van der Waals surface area (Å²) in [7, 11) is 4.48. The Balaban J connectivity index is 0.000000714. The predicted molar refractivity (Wildman–Crippen MR) is 123 cm³/mol. The van der Waals surface area contributed by atoms with Gasteiger partial charge in [-0.3, -0.25) is 9.48 Å². The maximum atomic E-state index is 13.2. The Hall–Kier alpha value is -3.08. The van der Waals surface area contributed by atoms with Crippen molar-refractivity contribution in [3.63, 3.8) is 0 Å². The smallest absolute Gasteiger partial charge is 0.226 e. The molecule has 0 saturated carbocycles. The van der Waals surface area contributed by atoms with Crippen LogP contribution in [0.25, 0.3) is 4.85 Å². The van der Waals surface area contributed by atoms with Crippen LogP contribution in [0.1, 0.15) is 63.3 Å². The lowest BCUT2D eigenvalue weighted by Gasteiger charge is -2.49. The van der Waals surface area contributed by atoms with Crippen LogP contribution in [-0.4, -0.2) is 33.6 Å². The van der Waals surface area contributed by atoms with Crippen LogP contribution in [0, 0.1) is 17.9 Å². The van der Waals surface area contributed by atoms with Crippen molar-refractivity contribution in [2.45, 2.75) is 46.4 Å². The van der Waals surface area contributed by atoms with Crippen molar-refractivity contribution < 1.29 is 16.2 Å². The zero-order valence-corrected chi connectivity index (χ0v) is 19.6. The summed E-state index contributed by atoms with van der Waals surface area (Å²) in [6.45, 7) is 13.4. The third kappa shape index (κ3) is 3.81. The summed E-state index contributed by atoms with van der Waals surface area (Å²) in [4.78, 5) is 29.5. The van der Waals surface area contributed by atoms with E-state index >= 15 is 0 Å².